The number of esters is 1. The van der Waals surface area contributed by atoms with E-state index in [9.17, 15) is 13.2 Å². The Morgan fingerprint density at radius 3 is 2.82 bits per heavy atom. The van der Waals surface area contributed by atoms with Crippen LogP contribution in [0.25, 0.3) is 0 Å². The largest absolute Gasteiger partial charge is 0.457 e. The molecular weight excluding hydrogens is 376 g/mol. The summed E-state index contributed by atoms with van der Waals surface area (Å²) in [5, 5.41) is 0. The summed E-state index contributed by atoms with van der Waals surface area (Å²) in [6.07, 6.45) is 3.62. The Morgan fingerprint density at radius 1 is 1.14 bits per heavy atom. The summed E-state index contributed by atoms with van der Waals surface area (Å²) in [5.74, 6) is 0.0462. The highest BCUT2D eigenvalue weighted by Crippen LogP contribution is 2.35. The molecule has 1 fully saturated rings. The minimum absolute atomic E-state index is 0.0724. The SMILES string of the molecule is Cc1cccc(COC(=O)c2ccc3c(c2)S(=O)(=O)N=C2CCCCCN23)c1. The van der Waals surface area contributed by atoms with Crippen LogP contribution in [0.2, 0.25) is 0 Å². The molecular formula is C21H22N2O4S. The Kier molecular flexibility index (Phi) is 4.93. The monoisotopic (exact) mass is 398 g/mol. The first-order chi connectivity index (χ1) is 13.4. The lowest BCUT2D eigenvalue weighted by Gasteiger charge is -2.29. The zero-order valence-electron chi connectivity index (χ0n) is 15.7. The molecule has 2 aromatic carbocycles. The zero-order valence-corrected chi connectivity index (χ0v) is 16.5. The summed E-state index contributed by atoms with van der Waals surface area (Å²) in [4.78, 5) is 14.5. The lowest BCUT2D eigenvalue weighted by Crippen LogP contribution is -2.35. The summed E-state index contributed by atoms with van der Waals surface area (Å²) in [6, 6.07) is 12.4. The average Bonchev–Trinajstić information content (AvgIpc) is 2.91. The third-order valence-electron chi connectivity index (χ3n) is 5.04. The van der Waals surface area contributed by atoms with Gasteiger partial charge in [0.15, 0.2) is 0 Å². The Balaban J connectivity index is 1.60. The van der Waals surface area contributed by atoms with E-state index in [1.165, 1.54) is 6.07 Å². The second-order valence-corrected chi connectivity index (χ2v) is 8.77. The van der Waals surface area contributed by atoms with Crippen LogP contribution in [0.1, 0.15) is 47.2 Å². The van der Waals surface area contributed by atoms with Crippen molar-refractivity contribution in [3.05, 3.63) is 59.2 Å². The van der Waals surface area contributed by atoms with Gasteiger partial charge in [-0.3, -0.25) is 0 Å². The first-order valence-corrected chi connectivity index (χ1v) is 10.9. The molecule has 6 nitrogen and oxygen atoms in total. The van der Waals surface area contributed by atoms with Crippen molar-refractivity contribution in [3.8, 4) is 0 Å². The molecule has 28 heavy (non-hydrogen) atoms. The Labute approximate surface area is 164 Å². The molecule has 146 valence electrons. The maximum atomic E-state index is 12.7. The second-order valence-electron chi connectivity index (χ2n) is 7.19. The average molecular weight is 398 g/mol. The second kappa shape index (κ2) is 7.39. The molecule has 4 rings (SSSR count). The molecule has 1 saturated heterocycles. The normalized spacial score (nSPS) is 17.8. The molecule has 0 aliphatic carbocycles. The Morgan fingerprint density at radius 2 is 2.00 bits per heavy atom. The van der Waals surface area contributed by atoms with Gasteiger partial charge in [0.1, 0.15) is 17.3 Å². The molecule has 0 bridgehead atoms. The van der Waals surface area contributed by atoms with Crippen molar-refractivity contribution in [2.24, 2.45) is 4.40 Å². The number of hydrogen-bond donors (Lipinski definition) is 0. The number of benzene rings is 2. The minimum atomic E-state index is -3.82. The number of sulfonamides is 1. The molecule has 0 amide bonds. The number of carbonyl (C=O) groups is 1. The molecule has 2 heterocycles. The fourth-order valence-electron chi connectivity index (χ4n) is 3.64. The molecule has 0 saturated carbocycles. The van der Waals surface area contributed by atoms with Crippen LogP contribution in [0, 0.1) is 6.92 Å². The molecule has 0 atom stereocenters. The van der Waals surface area contributed by atoms with Crippen LogP contribution in [0.15, 0.2) is 51.8 Å². The van der Waals surface area contributed by atoms with Gasteiger partial charge in [-0.1, -0.05) is 36.2 Å². The summed E-state index contributed by atoms with van der Waals surface area (Å²) in [5.41, 5.74) is 2.78. The van der Waals surface area contributed by atoms with Gasteiger partial charge in [0.05, 0.1) is 11.3 Å². The van der Waals surface area contributed by atoms with Crippen LogP contribution in [0.5, 0.6) is 0 Å². The molecule has 0 N–H and O–H groups in total. The third-order valence-corrected chi connectivity index (χ3v) is 6.37. The van der Waals surface area contributed by atoms with Crippen molar-refractivity contribution in [2.75, 3.05) is 11.4 Å². The van der Waals surface area contributed by atoms with Crippen molar-refractivity contribution < 1.29 is 17.9 Å². The molecule has 7 heteroatoms. The molecule has 2 aliphatic heterocycles. The van der Waals surface area contributed by atoms with E-state index in [1.807, 2.05) is 36.1 Å². The topological polar surface area (TPSA) is 76.0 Å². The van der Waals surface area contributed by atoms with Gasteiger partial charge in [-0.2, -0.15) is 8.42 Å². The predicted octanol–water partition coefficient (Wildman–Crippen LogP) is 3.83. The van der Waals surface area contributed by atoms with Crippen LogP contribution in [0.4, 0.5) is 5.69 Å². The van der Waals surface area contributed by atoms with Crippen LogP contribution < -0.4 is 4.90 Å². The number of fused-ring (bicyclic) bond motifs is 3. The van der Waals surface area contributed by atoms with Crippen molar-refractivity contribution in [1.82, 2.24) is 0 Å². The van der Waals surface area contributed by atoms with Crippen molar-refractivity contribution in [2.45, 2.75) is 44.1 Å². The van der Waals surface area contributed by atoms with Crippen LogP contribution in [0.3, 0.4) is 0 Å². The fourth-order valence-corrected chi connectivity index (χ4v) is 4.93. The van der Waals surface area contributed by atoms with Crippen molar-refractivity contribution in [1.29, 1.82) is 0 Å². The van der Waals surface area contributed by atoms with E-state index in [-0.39, 0.29) is 17.1 Å². The van der Waals surface area contributed by atoms with Gasteiger partial charge in [0.25, 0.3) is 10.0 Å². The third kappa shape index (κ3) is 3.67. The maximum absolute atomic E-state index is 12.7. The smallest absolute Gasteiger partial charge is 0.338 e. The molecule has 2 aromatic rings. The van der Waals surface area contributed by atoms with Crippen LogP contribution in [-0.2, 0) is 21.4 Å². The van der Waals surface area contributed by atoms with Crippen LogP contribution >= 0.6 is 0 Å². The molecule has 2 aliphatic rings. The van der Waals surface area contributed by atoms with E-state index in [2.05, 4.69) is 4.40 Å². The fraction of sp³-hybridized carbons (Fsp3) is 0.333. The lowest BCUT2D eigenvalue weighted by molar-refractivity contribution is 0.0472. The van der Waals surface area contributed by atoms with E-state index >= 15 is 0 Å². The lowest BCUT2D eigenvalue weighted by atomic mass is 10.1. The Hall–Kier alpha value is -2.67. The number of nitrogens with zero attached hydrogens (tertiary/aromatic N) is 2. The van der Waals surface area contributed by atoms with E-state index in [4.69, 9.17) is 4.74 Å². The summed E-state index contributed by atoms with van der Waals surface area (Å²) < 4.78 is 34.7. The van der Waals surface area contributed by atoms with E-state index in [1.54, 1.807) is 12.1 Å². The van der Waals surface area contributed by atoms with E-state index in [0.29, 0.717) is 17.9 Å². The Bertz CT molecular complexity index is 1060. The van der Waals surface area contributed by atoms with Gasteiger partial charge in [0.2, 0.25) is 0 Å². The molecule has 0 unspecified atom stereocenters. The van der Waals surface area contributed by atoms with Crippen LogP contribution in [-0.4, -0.2) is 26.8 Å². The van der Waals surface area contributed by atoms with E-state index < -0.39 is 16.0 Å². The van der Waals surface area contributed by atoms with E-state index in [0.717, 1.165) is 36.9 Å². The highest BCUT2D eigenvalue weighted by molar-refractivity contribution is 7.90. The van der Waals surface area contributed by atoms with Crippen molar-refractivity contribution >= 4 is 27.5 Å². The minimum Gasteiger partial charge on any atom is -0.457 e. The standard InChI is InChI=1S/C21H22N2O4S/c1-15-6-5-7-16(12-15)14-27-21(24)17-9-10-18-19(13-17)28(25,26)22-20-8-3-2-4-11-23(18)20/h5-7,9-10,12-13H,2-4,8,11,14H2,1H3. The highest BCUT2D eigenvalue weighted by Gasteiger charge is 2.32. The predicted molar refractivity (Wildman–Crippen MR) is 107 cm³/mol. The van der Waals surface area contributed by atoms with Gasteiger partial charge in [-0.25, -0.2) is 4.79 Å². The number of carbonyl (C=O) groups excluding carboxylic acids is 1. The number of ether oxygens (including phenoxy) is 1. The molecule has 0 spiro atoms. The first-order valence-electron chi connectivity index (χ1n) is 9.42. The zero-order chi connectivity index (χ0) is 19.7. The number of aryl methyl sites for hydroxylation is 1. The maximum Gasteiger partial charge on any atom is 0.338 e. The summed E-state index contributed by atoms with van der Waals surface area (Å²) in [7, 11) is -3.82. The number of amidine groups is 1. The van der Waals surface area contributed by atoms with Gasteiger partial charge >= 0.3 is 5.97 Å². The van der Waals surface area contributed by atoms with Gasteiger partial charge in [-0.15, -0.1) is 4.40 Å². The number of anilines is 1. The van der Waals surface area contributed by atoms with Gasteiger partial charge < -0.3 is 9.64 Å². The summed E-state index contributed by atoms with van der Waals surface area (Å²) in [6.45, 7) is 2.84. The molecule has 0 radical (unpaired) electrons. The molecule has 0 aromatic heterocycles. The number of hydrogen-bond acceptors (Lipinski definition) is 5. The van der Waals surface area contributed by atoms with Gasteiger partial charge in [0, 0.05) is 13.0 Å². The summed E-state index contributed by atoms with van der Waals surface area (Å²) >= 11 is 0. The van der Waals surface area contributed by atoms with Crippen molar-refractivity contribution in [3.63, 3.8) is 0 Å². The first kappa shape index (κ1) is 18.7. The van der Waals surface area contributed by atoms with Gasteiger partial charge in [-0.05, 0) is 43.5 Å². The highest BCUT2D eigenvalue weighted by atomic mass is 32.2. The quantitative estimate of drug-likeness (QED) is 0.735. The number of rotatable bonds is 3.